The Morgan fingerprint density at radius 1 is 1.20 bits per heavy atom. The molecule has 2 aromatic carbocycles. The number of aromatic nitrogens is 2. The van der Waals surface area contributed by atoms with Gasteiger partial charge in [0, 0.05) is 11.1 Å². The van der Waals surface area contributed by atoms with E-state index in [-0.39, 0.29) is 0 Å². The maximum absolute atomic E-state index is 6.19. The summed E-state index contributed by atoms with van der Waals surface area (Å²) >= 11 is 6.19. The van der Waals surface area contributed by atoms with Crippen LogP contribution in [0.3, 0.4) is 0 Å². The molecule has 0 aliphatic heterocycles. The molecule has 1 heterocycles. The van der Waals surface area contributed by atoms with Crippen molar-refractivity contribution in [1.29, 1.82) is 0 Å². The summed E-state index contributed by atoms with van der Waals surface area (Å²) in [5.74, 6) is 1.18. The lowest BCUT2D eigenvalue weighted by atomic mass is 10.2. The SMILES string of the molecule is COc1ccc2c(c1)nc(N)n2-c1ccc(C)c(Cl)c1. The number of methoxy groups -OCH3 is 1. The Morgan fingerprint density at radius 2 is 2.00 bits per heavy atom. The number of hydrogen-bond acceptors (Lipinski definition) is 3. The van der Waals surface area contributed by atoms with Crippen LogP contribution in [0.1, 0.15) is 5.56 Å². The van der Waals surface area contributed by atoms with Gasteiger partial charge in [-0.25, -0.2) is 4.98 Å². The van der Waals surface area contributed by atoms with Crippen LogP contribution in [0.15, 0.2) is 36.4 Å². The normalized spacial score (nSPS) is 10.9. The van der Waals surface area contributed by atoms with E-state index in [1.165, 1.54) is 0 Å². The molecule has 0 spiro atoms. The monoisotopic (exact) mass is 287 g/mol. The number of nitrogens with two attached hydrogens (primary N) is 1. The van der Waals surface area contributed by atoms with Gasteiger partial charge >= 0.3 is 0 Å². The number of rotatable bonds is 2. The van der Waals surface area contributed by atoms with Gasteiger partial charge in [0.2, 0.25) is 5.95 Å². The second-order valence-corrected chi connectivity index (χ2v) is 5.00. The van der Waals surface area contributed by atoms with Crippen molar-refractivity contribution in [2.24, 2.45) is 0 Å². The largest absolute Gasteiger partial charge is 0.497 e. The number of fused-ring (bicyclic) bond motifs is 1. The fraction of sp³-hybridized carbons (Fsp3) is 0.133. The van der Waals surface area contributed by atoms with Gasteiger partial charge in [-0.05, 0) is 36.8 Å². The lowest BCUT2D eigenvalue weighted by Gasteiger charge is -2.08. The fourth-order valence-electron chi connectivity index (χ4n) is 2.20. The van der Waals surface area contributed by atoms with Crippen molar-refractivity contribution in [3.8, 4) is 11.4 Å². The molecule has 0 aliphatic carbocycles. The van der Waals surface area contributed by atoms with Gasteiger partial charge in [-0.15, -0.1) is 0 Å². The molecular weight excluding hydrogens is 274 g/mol. The molecule has 4 nitrogen and oxygen atoms in total. The van der Waals surface area contributed by atoms with Crippen molar-refractivity contribution in [2.75, 3.05) is 12.8 Å². The first-order valence-corrected chi connectivity index (χ1v) is 6.56. The molecule has 102 valence electrons. The van der Waals surface area contributed by atoms with Crippen molar-refractivity contribution < 1.29 is 4.74 Å². The topological polar surface area (TPSA) is 53.1 Å². The summed E-state index contributed by atoms with van der Waals surface area (Å²) in [6.45, 7) is 1.96. The Morgan fingerprint density at radius 3 is 2.70 bits per heavy atom. The van der Waals surface area contributed by atoms with Gasteiger partial charge in [-0.3, -0.25) is 4.57 Å². The minimum absolute atomic E-state index is 0.424. The molecule has 0 fully saturated rings. The molecule has 0 saturated heterocycles. The molecule has 20 heavy (non-hydrogen) atoms. The maximum atomic E-state index is 6.19. The van der Waals surface area contributed by atoms with E-state index in [0.29, 0.717) is 11.0 Å². The first-order chi connectivity index (χ1) is 9.60. The Labute approximate surface area is 121 Å². The Balaban J connectivity index is 2.24. The van der Waals surface area contributed by atoms with Crippen LogP contribution >= 0.6 is 11.6 Å². The third-order valence-corrected chi connectivity index (χ3v) is 3.71. The summed E-state index contributed by atoms with van der Waals surface area (Å²) < 4.78 is 7.08. The molecule has 2 N–H and O–H groups in total. The summed E-state index contributed by atoms with van der Waals surface area (Å²) in [6, 6.07) is 11.5. The van der Waals surface area contributed by atoms with Crippen LogP contribution in [0.4, 0.5) is 5.95 Å². The predicted molar refractivity (Wildman–Crippen MR) is 81.8 cm³/mol. The highest BCUT2D eigenvalue weighted by molar-refractivity contribution is 6.31. The van der Waals surface area contributed by atoms with E-state index in [9.17, 15) is 0 Å². The molecule has 3 rings (SSSR count). The van der Waals surface area contributed by atoms with Crippen molar-refractivity contribution >= 4 is 28.6 Å². The molecule has 0 bridgehead atoms. The van der Waals surface area contributed by atoms with Gasteiger partial charge in [0.15, 0.2) is 0 Å². The predicted octanol–water partition coefficient (Wildman–Crippen LogP) is 3.58. The van der Waals surface area contributed by atoms with Gasteiger partial charge in [-0.2, -0.15) is 0 Å². The van der Waals surface area contributed by atoms with Crippen LogP contribution < -0.4 is 10.5 Å². The highest BCUT2D eigenvalue weighted by Crippen LogP contribution is 2.28. The highest BCUT2D eigenvalue weighted by atomic mass is 35.5. The number of ether oxygens (including phenoxy) is 1. The van der Waals surface area contributed by atoms with Gasteiger partial charge in [0.25, 0.3) is 0 Å². The third kappa shape index (κ3) is 1.98. The smallest absolute Gasteiger partial charge is 0.205 e. The number of hydrogen-bond donors (Lipinski definition) is 1. The number of halogens is 1. The van der Waals surface area contributed by atoms with Gasteiger partial charge in [0.05, 0.1) is 23.8 Å². The molecule has 0 saturated carbocycles. The molecule has 3 aromatic rings. The Hall–Kier alpha value is -2.20. The number of nitrogen functional groups attached to an aromatic ring is 1. The first kappa shape index (κ1) is 12.8. The average molecular weight is 288 g/mol. The molecule has 0 atom stereocenters. The molecular formula is C15H14ClN3O. The second kappa shape index (κ2) is 4.72. The molecule has 0 unspecified atom stereocenters. The number of nitrogens with zero attached hydrogens (tertiary/aromatic N) is 2. The van der Waals surface area contributed by atoms with Gasteiger partial charge < -0.3 is 10.5 Å². The van der Waals surface area contributed by atoms with E-state index in [0.717, 1.165) is 28.0 Å². The fourth-order valence-corrected chi connectivity index (χ4v) is 2.37. The van der Waals surface area contributed by atoms with Crippen LogP contribution in [-0.2, 0) is 0 Å². The zero-order chi connectivity index (χ0) is 14.3. The zero-order valence-corrected chi connectivity index (χ0v) is 12.0. The van der Waals surface area contributed by atoms with Crippen molar-refractivity contribution in [3.05, 3.63) is 47.0 Å². The van der Waals surface area contributed by atoms with Crippen LogP contribution in [0.2, 0.25) is 5.02 Å². The van der Waals surface area contributed by atoms with Crippen LogP contribution in [-0.4, -0.2) is 16.7 Å². The molecule has 1 aromatic heterocycles. The van der Waals surface area contributed by atoms with Crippen molar-refractivity contribution in [2.45, 2.75) is 6.92 Å². The summed E-state index contributed by atoms with van der Waals surface area (Å²) in [4.78, 5) is 4.37. The summed E-state index contributed by atoms with van der Waals surface area (Å²) in [7, 11) is 1.63. The van der Waals surface area contributed by atoms with Gasteiger partial charge in [-0.1, -0.05) is 17.7 Å². The average Bonchev–Trinajstić information content (AvgIpc) is 2.76. The van der Waals surface area contributed by atoms with E-state index in [1.54, 1.807) is 7.11 Å². The maximum Gasteiger partial charge on any atom is 0.205 e. The standard InChI is InChI=1S/C15H14ClN3O/c1-9-3-4-10(7-12(9)16)19-14-6-5-11(20-2)8-13(14)18-15(19)17/h3-8H,1-2H3,(H2,17,18). The van der Waals surface area contributed by atoms with E-state index in [1.807, 2.05) is 47.9 Å². The quantitative estimate of drug-likeness (QED) is 0.784. The number of aryl methyl sites for hydroxylation is 1. The Bertz CT molecular complexity index is 795. The molecule has 5 heteroatoms. The summed E-state index contributed by atoms with van der Waals surface area (Å²) in [6.07, 6.45) is 0. The van der Waals surface area contributed by atoms with E-state index in [2.05, 4.69) is 4.98 Å². The third-order valence-electron chi connectivity index (χ3n) is 3.30. The summed E-state index contributed by atoms with van der Waals surface area (Å²) in [5.41, 5.74) is 9.67. The van der Waals surface area contributed by atoms with E-state index in [4.69, 9.17) is 22.1 Å². The number of benzene rings is 2. The lowest BCUT2D eigenvalue weighted by molar-refractivity contribution is 0.415. The van der Waals surface area contributed by atoms with Crippen LogP contribution in [0.5, 0.6) is 5.75 Å². The zero-order valence-electron chi connectivity index (χ0n) is 11.2. The molecule has 0 aliphatic rings. The number of anilines is 1. The molecule has 0 radical (unpaired) electrons. The summed E-state index contributed by atoms with van der Waals surface area (Å²) in [5, 5.41) is 0.706. The van der Waals surface area contributed by atoms with Crippen LogP contribution in [0.25, 0.3) is 16.7 Å². The van der Waals surface area contributed by atoms with E-state index >= 15 is 0 Å². The Kier molecular flexibility index (Phi) is 3.03. The van der Waals surface area contributed by atoms with E-state index < -0.39 is 0 Å². The van der Waals surface area contributed by atoms with Crippen molar-refractivity contribution in [3.63, 3.8) is 0 Å². The van der Waals surface area contributed by atoms with Crippen LogP contribution in [0, 0.1) is 6.92 Å². The minimum atomic E-state index is 0.424. The number of imidazole rings is 1. The van der Waals surface area contributed by atoms with Gasteiger partial charge in [0.1, 0.15) is 5.75 Å². The van der Waals surface area contributed by atoms with Crippen molar-refractivity contribution in [1.82, 2.24) is 9.55 Å². The first-order valence-electron chi connectivity index (χ1n) is 6.18. The highest BCUT2D eigenvalue weighted by Gasteiger charge is 2.11. The lowest BCUT2D eigenvalue weighted by Crippen LogP contribution is -2.00. The minimum Gasteiger partial charge on any atom is -0.497 e. The molecule has 0 amide bonds. The second-order valence-electron chi connectivity index (χ2n) is 4.59.